The lowest BCUT2D eigenvalue weighted by molar-refractivity contribution is 0.247. The van der Waals surface area contributed by atoms with Crippen LogP contribution in [0.15, 0.2) is 24.3 Å². The minimum atomic E-state index is -0.163. The first-order valence-electron chi connectivity index (χ1n) is 7.47. The van der Waals surface area contributed by atoms with E-state index in [0.717, 1.165) is 25.6 Å². The van der Waals surface area contributed by atoms with Crippen molar-refractivity contribution in [1.29, 1.82) is 0 Å². The number of nitrogens with zero attached hydrogens (tertiary/aromatic N) is 1. The van der Waals surface area contributed by atoms with Crippen LogP contribution in [-0.2, 0) is 0 Å². The summed E-state index contributed by atoms with van der Waals surface area (Å²) in [4.78, 5) is 2.48. The second-order valence-electron chi connectivity index (χ2n) is 5.45. The zero-order valence-electron chi connectivity index (χ0n) is 12.4. The first kappa shape index (κ1) is 15.8. The van der Waals surface area contributed by atoms with E-state index in [0.29, 0.717) is 6.04 Å². The average Bonchev–Trinajstić information content (AvgIpc) is 2.98. The van der Waals surface area contributed by atoms with Gasteiger partial charge >= 0.3 is 0 Å². The van der Waals surface area contributed by atoms with E-state index in [9.17, 15) is 4.39 Å². The molecule has 0 aliphatic carbocycles. The van der Waals surface area contributed by atoms with Crippen LogP contribution in [0.25, 0.3) is 0 Å². The van der Waals surface area contributed by atoms with Crippen molar-refractivity contribution in [3.05, 3.63) is 35.6 Å². The number of rotatable bonds is 7. The van der Waals surface area contributed by atoms with Gasteiger partial charge in [0.05, 0.1) is 0 Å². The Kier molecular flexibility index (Phi) is 6.33. The molecule has 1 aromatic carbocycles. The van der Waals surface area contributed by atoms with Crippen LogP contribution in [0.1, 0.15) is 31.4 Å². The van der Waals surface area contributed by atoms with Crippen molar-refractivity contribution in [1.82, 2.24) is 10.2 Å². The number of benzene rings is 1. The molecule has 0 bridgehead atoms. The zero-order chi connectivity index (χ0) is 14.4. The van der Waals surface area contributed by atoms with Crippen LogP contribution < -0.4 is 5.32 Å². The highest BCUT2D eigenvalue weighted by atomic mass is 32.2. The summed E-state index contributed by atoms with van der Waals surface area (Å²) in [6.45, 7) is 4.14. The van der Waals surface area contributed by atoms with Crippen molar-refractivity contribution in [2.75, 3.05) is 31.6 Å². The van der Waals surface area contributed by atoms with E-state index in [1.165, 1.54) is 23.5 Å². The molecule has 2 unspecified atom stereocenters. The van der Waals surface area contributed by atoms with Gasteiger partial charge in [-0.25, -0.2) is 4.39 Å². The van der Waals surface area contributed by atoms with E-state index in [2.05, 4.69) is 35.9 Å². The summed E-state index contributed by atoms with van der Waals surface area (Å²) in [6.07, 6.45) is 2.38. The fraction of sp³-hybridized carbons (Fsp3) is 0.625. The van der Waals surface area contributed by atoms with Crippen molar-refractivity contribution >= 4 is 11.8 Å². The van der Waals surface area contributed by atoms with Crippen molar-refractivity contribution in [3.63, 3.8) is 0 Å². The fourth-order valence-corrected chi connectivity index (χ4v) is 4.01. The predicted molar refractivity (Wildman–Crippen MR) is 85.8 cm³/mol. The number of halogens is 1. The van der Waals surface area contributed by atoms with E-state index < -0.39 is 0 Å². The topological polar surface area (TPSA) is 15.3 Å². The molecule has 112 valence electrons. The minimum Gasteiger partial charge on any atom is -0.310 e. The molecule has 4 heteroatoms. The molecule has 2 nitrogen and oxygen atoms in total. The summed E-state index contributed by atoms with van der Waals surface area (Å²) in [5.74, 6) is 2.40. The summed E-state index contributed by atoms with van der Waals surface area (Å²) in [7, 11) is 2.23. The summed E-state index contributed by atoms with van der Waals surface area (Å²) in [6, 6.07) is 7.95. The molecule has 0 spiro atoms. The SMILES string of the molecule is CCNC(CCN(C)C1CCSC1)c1ccc(F)cc1. The molecular weight excluding hydrogens is 271 g/mol. The molecule has 1 aromatic rings. The van der Waals surface area contributed by atoms with Crippen LogP contribution in [0.2, 0.25) is 0 Å². The monoisotopic (exact) mass is 296 g/mol. The Labute approximate surface area is 126 Å². The first-order chi connectivity index (χ1) is 9.70. The van der Waals surface area contributed by atoms with Crippen LogP contribution in [-0.4, -0.2) is 42.6 Å². The zero-order valence-corrected chi connectivity index (χ0v) is 13.3. The first-order valence-corrected chi connectivity index (χ1v) is 8.63. The second-order valence-corrected chi connectivity index (χ2v) is 6.60. The molecule has 2 atom stereocenters. The van der Waals surface area contributed by atoms with E-state index in [4.69, 9.17) is 0 Å². The van der Waals surface area contributed by atoms with Gasteiger partial charge < -0.3 is 10.2 Å². The van der Waals surface area contributed by atoms with Gasteiger partial charge in [-0.2, -0.15) is 11.8 Å². The van der Waals surface area contributed by atoms with Gasteiger partial charge in [0.15, 0.2) is 0 Å². The Morgan fingerprint density at radius 3 is 2.75 bits per heavy atom. The van der Waals surface area contributed by atoms with E-state index in [1.54, 1.807) is 12.1 Å². The van der Waals surface area contributed by atoms with Gasteiger partial charge in [-0.05, 0) is 56.4 Å². The molecule has 0 radical (unpaired) electrons. The number of nitrogens with one attached hydrogen (secondary N) is 1. The molecule has 1 heterocycles. The summed E-state index contributed by atoms with van der Waals surface area (Å²) >= 11 is 2.05. The number of thioether (sulfide) groups is 1. The van der Waals surface area contributed by atoms with Gasteiger partial charge in [-0.1, -0.05) is 19.1 Å². The highest BCUT2D eigenvalue weighted by Crippen LogP contribution is 2.23. The molecule has 1 aliphatic rings. The average molecular weight is 296 g/mol. The highest BCUT2D eigenvalue weighted by Gasteiger charge is 2.20. The van der Waals surface area contributed by atoms with Crippen LogP contribution in [0.3, 0.4) is 0 Å². The quantitative estimate of drug-likeness (QED) is 0.831. The maximum Gasteiger partial charge on any atom is 0.123 e. The lowest BCUT2D eigenvalue weighted by Crippen LogP contribution is -2.34. The van der Waals surface area contributed by atoms with Gasteiger partial charge in [0, 0.05) is 17.8 Å². The molecule has 0 saturated carbocycles. The van der Waals surface area contributed by atoms with Gasteiger partial charge in [0.25, 0.3) is 0 Å². The highest BCUT2D eigenvalue weighted by molar-refractivity contribution is 7.99. The van der Waals surface area contributed by atoms with Gasteiger partial charge in [0.2, 0.25) is 0 Å². The predicted octanol–water partition coefficient (Wildman–Crippen LogP) is 3.30. The molecular formula is C16H25FN2S. The maximum atomic E-state index is 13.0. The third-order valence-corrected chi connectivity index (χ3v) is 5.17. The van der Waals surface area contributed by atoms with Crippen LogP contribution >= 0.6 is 11.8 Å². The molecule has 2 rings (SSSR count). The smallest absolute Gasteiger partial charge is 0.123 e. The largest absolute Gasteiger partial charge is 0.310 e. The molecule has 1 N–H and O–H groups in total. The third kappa shape index (κ3) is 4.47. The lowest BCUT2D eigenvalue weighted by Gasteiger charge is -2.26. The fourth-order valence-electron chi connectivity index (χ4n) is 2.71. The van der Waals surface area contributed by atoms with Gasteiger partial charge in [-0.15, -0.1) is 0 Å². The summed E-state index contributed by atoms with van der Waals surface area (Å²) in [5.41, 5.74) is 1.18. The van der Waals surface area contributed by atoms with Crippen LogP contribution in [0.4, 0.5) is 4.39 Å². The Morgan fingerprint density at radius 2 is 2.15 bits per heavy atom. The Bertz CT molecular complexity index is 390. The Morgan fingerprint density at radius 1 is 1.40 bits per heavy atom. The third-order valence-electron chi connectivity index (χ3n) is 4.02. The van der Waals surface area contributed by atoms with E-state index >= 15 is 0 Å². The summed E-state index contributed by atoms with van der Waals surface area (Å²) in [5, 5.41) is 3.51. The Balaban J connectivity index is 1.89. The second kappa shape index (κ2) is 8.01. The van der Waals surface area contributed by atoms with Gasteiger partial charge in [-0.3, -0.25) is 0 Å². The van der Waals surface area contributed by atoms with Crippen LogP contribution in [0.5, 0.6) is 0 Å². The molecule has 1 saturated heterocycles. The molecule has 0 aromatic heterocycles. The van der Waals surface area contributed by atoms with Crippen molar-refractivity contribution in [3.8, 4) is 0 Å². The standard InChI is InChI=1S/C16H25FN2S/c1-3-18-16(13-4-6-14(17)7-5-13)8-10-19(2)15-9-11-20-12-15/h4-7,15-16,18H,3,8-12H2,1-2H3. The molecule has 20 heavy (non-hydrogen) atoms. The van der Waals surface area contributed by atoms with Crippen molar-refractivity contribution in [2.45, 2.75) is 31.8 Å². The van der Waals surface area contributed by atoms with Crippen molar-refractivity contribution < 1.29 is 4.39 Å². The maximum absolute atomic E-state index is 13.0. The van der Waals surface area contributed by atoms with Gasteiger partial charge in [0.1, 0.15) is 5.82 Å². The number of hydrogen-bond acceptors (Lipinski definition) is 3. The molecule has 0 amide bonds. The Hall–Kier alpha value is -0.580. The van der Waals surface area contributed by atoms with Crippen molar-refractivity contribution in [2.24, 2.45) is 0 Å². The van der Waals surface area contributed by atoms with E-state index in [1.807, 2.05) is 12.1 Å². The lowest BCUT2D eigenvalue weighted by atomic mass is 10.0. The minimum absolute atomic E-state index is 0.163. The van der Waals surface area contributed by atoms with Crippen LogP contribution in [0, 0.1) is 5.82 Å². The molecule has 1 fully saturated rings. The summed E-state index contributed by atoms with van der Waals surface area (Å²) < 4.78 is 13.0. The normalized spacial score (nSPS) is 20.5. The van der Waals surface area contributed by atoms with E-state index in [-0.39, 0.29) is 5.82 Å². The number of hydrogen-bond donors (Lipinski definition) is 1. The molecule has 1 aliphatic heterocycles.